The molecule has 24 heavy (non-hydrogen) atoms. The quantitative estimate of drug-likeness (QED) is 0.730. The topological polar surface area (TPSA) is 64.0 Å². The number of hydrogen-bond acceptors (Lipinski definition) is 4. The van der Waals surface area contributed by atoms with Crippen molar-refractivity contribution in [3.8, 4) is 0 Å². The molecule has 122 valence electrons. The van der Waals surface area contributed by atoms with E-state index in [1.165, 1.54) is 0 Å². The summed E-state index contributed by atoms with van der Waals surface area (Å²) in [5.74, 6) is 3.63. The highest BCUT2D eigenvalue weighted by Gasteiger charge is 2.36. The predicted octanol–water partition coefficient (Wildman–Crippen LogP) is 3.45. The number of nitrogens with one attached hydrogen (secondary N) is 1. The molecule has 1 saturated heterocycles. The zero-order valence-corrected chi connectivity index (χ0v) is 14.6. The fourth-order valence-electron chi connectivity index (χ4n) is 3.03. The first-order valence-electron chi connectivity index (χ1n) is 7.41. The van der Waals surface area contributed by atoms with E-state index in [-0.39, 0.29) is 11.1 Å². The second-order valence-electron chi connectivity index (χ2n) is 5.67. The molecule has 2 unspecified atom stereocenters. The molecule has 7 heteroatoms. The number of benzene rings is 1. The van der Waals surface area contributed by atoms with Gasteiger partial charge in [-0.15, -0.1) is 11.3 Å². The zero-order chi connectivity index (χ0) is 16.8. The van der Waals surface area contributed by atoms with Crippen LogP contribution in [0, 0.1) is 6.92 Å². The summed E-state index contributed by atoms with van der Waals surface area (Å²) in [4.78, 5) is 28.4. The van der Waals surface area contributed by atoms with E-state index in [4.69, 9.17) is 0 Å². The maximum absolute atomic E-state index is 12.2. The highest BCUT2D eigenvalue weighted by atomic mass is 32.2. The Bertz CT molecular complexity index is 1000. The van der Waals surface area contributed by atoms with Crippen LogP contribution in [0.1, 0.15) is 21.5 Å². The molecule has 3 aromatic rings. The van der Waals surface area contributed by atoms with Crippen LogP contribution in [0.2, 0.25) is 0 Å². The van der Waals surface area contributed by atoms with Gasteiger partial charge in [-0.3, -0.25) is 14.9 Å². The Morgan fingerprint density at radius 1 is 1.38 bits per heavy atom. The molecule has 1 aliphatic rings. The minimum atomic E-state index is -0.887. The number of nitrogens with zero attached hydrogens (tertiary/aromatic N) is 2. The Morgan fingerprint density at radius 3 is 2.88 bits per heavy atom. The van der Waals surface area contributed by atoms with E-state index >= 15 is 0 Å². The maximum atomic E-state index is 12.2. The Labute approximate surface area is 145 Å². The van der Waals surface area contributed by atoms with Gasteiger partial charge in [-0.2, -0.15) is 0 Å². The number of amides is 2. The van der Waals surface area contributed by atoms with Crippen LogP contribution in [0.5, 0.6) is 0 Å². The lowest BCUT2D eigenvalue weighted by molar-refractivity contribution is -0.119. The molecule has 5 nitrogen and oxygen atoms in total. The average molecular weight is 357 g/mol. The number of hydrogen-bond donors (Lipinski definition) is 1. The Hall–Kier alpha value is -2.25. The normalized spacial score (nSPS) is 20.7. The number of rotatable bonds is 3. The SMILES string of the molecule is C=S1C(=O)NC(=O)C1c1cccc2c1ccn2Cc1csc(C)n1. The first kappa shape index (κ1) is 15.3. The van der Waals surface area contributed by atoms with Crippen molar-refractivity contribution in [2.24, 2.45) is 0 Å². The average Bonchev–Trinajstić information content (AvgIpc) is 3.21. The summed E-state index contributed by atoms with van der Waals surface area (Å²) in [5.41, 5.74) is 2.91. The molecule has 0 spiro atoms. The third-order valence-corrected chi connectivity index (χ3v) is 6.55. The van der Waals surface area contributed by atoms with Gasteiger partial charge in [0, 0.05) is 22.5 Å². The number of fused-ring (bicyclic) bond motifs is 1. The Kier molecular flexibility index (Phi) is 3.62. The molecule has 1 fully saturated rings. The fourth-order valence-corrected chi connectivity index (χ4v) is 4.91. The monoisotopic (exact) mass is 357 g/mol. The van der Waals surface area contributed by atoms with E-state index < -0.39 is 15.7 Å². The lowest BCUT2D eigenvalue weighted by Gasteiger charge is -2.11. The van der Waals surface area contributed by atoms with Gasteiger partial charge in [-0.05, 0) is 24.6 Å². The van der Waals surface area contributed by atoms with E-state index in [0.717, 1.165) is 27.2 Å². The number of carbonyl (C=O) groups is 2. The van der Waals surface area contributed by atoms with Gasteiger partial charge in [0.25, 0.3) is 5.24 Å². The molecule has 2 atom stereocenters. The molecule has 0 saturated carbocycles. The summed E-state index contributed by atoms with van der Waals surface area (Å²) in [6, 6.07) is 7.85. The summed E-state index contributed by atoms with van der Waals surface area (Å²) >= 11 is 1.63. The van der Waals surface area contributed by atoms with Gasteiger partial charge < -0.3 is 4.57 Å². The molecule has 0 aliphatic carbocycles. The van der Waals surface area contributed by atoms with E-state index in [9.17, 15) is 9.59 Å². The summed E-state index contributed by atoms with van der Waals surface area (Å²) in [5, 5.41) is 5.70. The molecule has 1 N–H and O–H groups in total. The van der Waals surface area contributed by atoms with Gasteiger partial charge >= 0.3 is 0 Å². The molecule has 0 bridgehead atoms. The van der Waals surface area contributed by atoms with Crippen molar-refractivity contribution in [2.75, 3.05) is 0 Å². The maximum Gasteiger partial charge on any atom is 0.280 e. The van der Waals surface area contributed by atoms with E-state index in [0.29, 0.717) is 6.54 Å². The van der Waals surface area contributed by atoms with E-state index in [2.05, 4.69) is 26.1 Å². The molecule has 0 radical (unpaired) electrons. The molecule has 2 aromatic heterocycles. The lowest BCUT2D eigenvalue weighted by atomic mass is 10.1. The van der Waals surface area contributed by atoms with Gasteiger partial charge in [0.2, 0.25) is 5.91 Å². The predicted molar refractivity (Wildman–Crippen MR) is 98.9 cm³/mol. The first-order chi connectivity index (χ1) is 11.5. The molecule has 2 amide bonds. The standard InChI is InChI=1S/C17H15N3O2S2/c1-10-18-11(9-23-10)8-20-7-6-12-13(4-3-5-14(12)20)15-16(21)19-17(22)24(15)2/h3-7,9,15H,2,8H2,1H3,(H,19,21,22). The van der Waals surface area contributed by atoms with Crippen LogP contribution in [0.3, 0.4) is 0 Å². The summed E-state index contributed by atoms with van der Waals surface area (Å²) in [6.07, 6.45) is 2.00. The van der Waals surface area contributed by atoms with Gasteiger partial charge in [-0.1, -0.05) is 28.5 Å². The summed E-state index contributed by atoms with van der Waals surface area (Å²) < 4.78 is 2.11. The van der Waals surface area contributed by atoms with Gasteiger partial charge in [0.05, 0.1) is 17.2 Å². The van der Waals surface area contributed by atoms with Gasteiger partial charge in [0.1, 0.15) is 5.25 Å². The highest BCUT2D eigenvalue weighted by Crippen LogP contribution is 2.42. The summed E-state index contributed by atoms with van der Waals surface area (Å²) in [7, 11) is -0.887. The first-order valence-corrected chi connectivity index (χ1v) is 9.74. The summed E-state index contributed by atoms with van der Waals surface area (Å²) in [6.45, 7) is 2.67. The van der Waals surface area contributed by atoms with Crippen LogP contribution in [-0.2, 0) is 11.3 Å². The minimum absolute atomic E-state index is 0.256. The second-order valence-corrected chi connectivity index (χ2v) is 8.43. The van der Waals surface area contributed by atoms with Gasteiger partial charge in [0.15, 0.2) is 0 Å². The highest BCUT2D eigenvalue weighted by molar-refractivity contribution is 8.28. The third-order valence-electron chi connectivity index (χ3n) is 4.11. The number of thiazole rings is 1. The van der Waals surface area contributed by atoms with Gasteiger partial charge in [-0.25, -0.2) is 4.98 Å². The van der Waals surface area contributed by atoms with Crippen LogP contribution < -0.4 is 5.32 Å². The van der Waals surface area contributed by atoms with Crippen molar-refractivity contribution in [3.63, 3.8) is 0 Å². The van der Waals surface area contributed by atoms with Crippen LogP contribution in [-0.4, -0.2) is 26.6 Å². The van der Waals surface area contributed by atoms with Crippen molar-refractivity contribution in [1.29, 1.82) is 0 Å². The number of aromatic nitrogens is 2. The second kappa shape index (κ2) is 5.68. The third kappa shape index (κ3) is 2.40. The van der Waals surface area contributed by atoms with E-state index in [1.807, 2.05) is 37.4 Å². The smallest absolute Gasteiger partial charge is 0.280 e. The van der Waals surface area contributed by atoms with Crippen LogP contribution in [0.25, 0.3) is 10.9 Å². The van der Waals surface area contributed by atoms with E-state index in [1.54, 1.807) is 11.3 Å². The Morgan fingerprint density at radius 2 is 2.21 bits per heavy atom. The Balaban J connectivity index is 1.78. The molecule has 4 rings (SSSR count). The van der Waals surface area contributed by atoms with Crippen molar-refractivity contribution in [1.82, 2.24) is 14.9 Å². The molecular weight excluding hydrogens is 342 g/mol. The number of aryl methyl sites for hydroxylation is 1. The lowest BCUT2D eigenvalue weighted by Crippen LogP contribution is -2.20. The van der Waals surface area contributed by atoms with Crippen LogP contribution in [0.4, 0.5) is 4.79 Å². The van der Waals surface area contributed by atoms with Crippen molar-refractivity contribution < 1.29 is 9.59 Å². The van der Waals surface area contributed by atoms with Crippen LogP contribution in [0.15, 0.2) is 35.8 Å². The zero-order valence-electron chi connectivity index (χ0n) is 13.0. The van der Waals surface area contributed by atoms with Crippen molar-refractivity contribution in [2.45, 2.75) is 18.7 Å². The number of carbonyl (C=O) groups excluding carboxylic acids is 2. The van der Waals surface area contributed by atoms with Crippen molar-refractivity contribution in [3.05, 3.63) is 52.1 Å². The van der Waals surface area contributed by atoms with Crippen molar-refractivity contribution >= 4 is 49.7 Å². The number of imide groups is 1. The minimum Gasteiger partial charge on any atom is -0.341 e. The molecular formula is C17H15N3O2S2. The molecule has 1 aromatic carbocycles. The fraction of sp³-hybridized carbons (Fsp3) is 0.176. The molecule has 3 heterocycles. The van der Waals surface area contributed by atoms with Crippen LogP contribution >= 0.6 is 21.8 Å². The molecule has 1 aliphatic heterocycles. The largest absolute Gasteiger partial charge is 0.341 e.